The molecule has 3 aromatic rings. The number of thiophene rings is 1. The molecule has 5 rings (SSSR count). The summed E-state index contributed by atoms with van der Waals surface area (Å²) in [4.78, 5) is 43.7. The van der Waals surface area contributed by atoms with E-state index >= 15 is 0 Å². The fourth-order valence-electron chi connectivity index (χ4n) is 4.50. The zero-order chi connectivity index (χ0) is 21.2. The number of aryl methyl sites for hydroxylation is 3. The Kier molecular flexibility index (Phi) is 4.43. The normalized spacial score (nSPS) is 15.6. The molecule has 0 spiro atoms. The number of ether oxygens (including phenoxy) is 1. The van der Waals surface area contributed by atoms with E-state index in [0.717, 1.165) is 42.9 Å². The molecular weight excluding hydrogens is 402 g/mol. The Bertz CT molecular complexity index is 1280. The topological polar surface area (TPSA) is 83.2 Å². The molecule has 0 radical (unpaired) electrons. The van der Waals surface area contributed by atoms with Crippen molar-refractivity contribution in [2.45, 2.75) is 59.0 Å². The Morgan fingerprint density at radius 2 is 2.03 bits per heavy atom. The first-order chi connectivity index (χ1) is 14.4. The first-order valence-corrected chi connectivity index (χ1v) is 11.1. The Morgan fingerprint density at radius 1 is 1.27 bits per heavy atom. The number of Topliss-reactive ketones (excluding diaryl/α,β-unsaturated/α-hetero) is 1. The van der Waals surface area contributed by atoms with Gasteiger partial charge < -0.3 is 9.30 Å². The van der Waals surface area contributed by atoms with Gasteiger partial charge in [0.05, 0.1) is 5.39 Å². The summed E-state index contributed by atoms with van der Waals surface area (Å²) in [6.07, 6.45) is 3.97. The summed E-state index contributed by atoms with van der Waals surface area (Å²) in [5.41, 5.74) is 3.09. The molecule has 0 bridgehead atoms. The second-order valence-corrected chi connectivity index (χ2v) is 9.21. The van der Waals surface area contributed by atoms with Gasteiger partial charge in [0.15, 0.2) is 6.61 Å². The summed E-state index contributed by atoms with van der Waals surface area (Å²) in [5, 5.41) is 0.483. The summed E-state index contributed by atoms with van der Waals surface area (Å²) in [7, 11) is 0. The third-order valence-electron chi connectivity index (χ3n) is 6.13. The number of hydrogen-bond acceptors (Lipinski definition) is 6. The highest BCUT2D eigenvalue weighted by Gasteiger charge is 2.29. The molecule has 0 N–H and O–H groups in total. The van der Waals surface area contributed by atoms with Crippen LogP contribution in [0.15, 0.2) is 10.9 Å². The van der Waals surface area contributed by atoms with Gasteiger partial charge in [-0.3, -0.25) is 14.2 Å². The molecular formula is C22H23N3O4S. The van der Waals surface area contributed by atoms with Crippen LogP contribution in [-0.4, -0.2) is 32.5 Å². The molecule has 1 saturated carbocycles. The van der Waals surface area contributed by atoms with Gasteiger partial charge in [-0.15, -0.1) is 11.3 Å². The highest BCUT2D eigenvalue weighted by Crippen LogP contribution is 2.38. The van der Waals surface area contributed by atoms with E-state index in [9.17, 15) is 14.4 Å². The molecule has 0 unspecified atom stereocenters. The van der Waals surface area contributed by atoms with Crippen molar-refractivity contribution in [2.24, 2.45) is 0 Å². The minimum atomic E-state index is -0.579. The third kappa shape index (κ3) is 2.93. The monoisotopic (exact) mass is 425 g/mol. The van der Waals surface area contributed by atoms with E-state index in [1.54, 1.807) is 11.5 Å². The fourth-order valence-corrected chi connectivity index (χ4v) is 5.58. The maximum absolute atomic E-state index is 12.8. The molecule has 4 heterocycles. The van der Waals surface area contributed by atoms with Crippen molar-refractivity contribution in [3.8, 4) is 0 Å². The van der Waals surface area contributed by atoms with Crippen molar-refractivity contribution < 1.29 is 14.3 Å². The van der Waals surface area contributed by atoms with Crippen molar-refractivity contribution in [2.75, 3.05) is 6.61 Å². The van der Waals surface area contributed by atoms with Gasteiger partial charge in [-0.05, 0) is 51.7 Å². The molecule has 3 aromatic heterocycles. The van der Waals surface area contributed by atoms with E-state index in [4.69, 9.17) is 4.74 Å². The van der Waals surface area contributed by atoms with Gasteiger partial charge in [-0.2, -0.15) is 0 Å². The van der Waals surface area contributed by atoms with Crippen LogP contribution in [0, 0.1) is 20.8 Å². The van der Waals surface area contributed by atoms with Crippen LogP contribution in [0.4, 0.5) is 0 Å². The first kappa shape index (κ1) is 19.2. The van der Waals surface area contributed by atoms with Crippen molar-refractivity contribution >= 4 is 33.3 Å². The average Bonchev–Trinajstić information content (AvgIpc) is 3.19. The number of hydrogen-bond donors (Lipinski definition) is 0. The number of carbonyl (C=O) groups excluding carboxylic acids is 2. The quantitative estimate of drug-likeness (QED) is 0.461. The van der Waals surface area contributed by atoms with Gasteiger partial charge in [0.2, 0.25) is 5.78 Å². The van der Waals surface area contributed by atoms with Gasteiger partial charge in [0.25, 0.3) is 5.56 Å². The zero-order valence-corrected chi connectivity index (χ0v) is 18.1. The SMILES string of the molecule is Cc1c(C(=O)OCC(=O)c2cc(C)n(C3CC3)c2C)sc2nc3n(c(=O)c12)CCC3. The largest absolute Gasteiger partial charge is 0.453 e. The Morgan fingerprint density at radius 3 is 2.77 bits per heavy atom. The van der Waals surface area contributed by atoms with Crippen LogP contribution >= 0.6 is 11.3 Å². The lowest BCUT2D eigenvalue weighted by molar-refractivity contribution is 0.0479. The number of carbonyl (C=O) groups is 2. The summed E-state index contributed by atoms with van der Waals surface area (Å²) in [5.74, 6) is -0.0152. The smallest absolute Gasteiger partial charge is 0.349 e. The highest BCUT2D eigenvalue weighted by atomic mass is 32.1. The van der Waals surface area contributed by atoms with Crippen LogP contribution in [0.5, 0.6) is 0 Å². The molecule has 1 aliphatic heterocycles. The molecule has 0 saturated heterocycles. The molecule has 1 aliphatic carbocycles. The molecule has 30 heavy (non-hydrogen) atoms. The first-order valence-electron chi connectivity index (χ1n) is 10.3. The summed E-state index contributed by atoms with van der Waals surface area (Å²) < 4.78 is 9.24. The van der Waals surface area contributed by atoms with Gasteiger partial charge in [-0.25, -0.2) is 9.78 Å². The van der Waals surface area contributed by atoms with Crippen molar-refractivity contribution in [1.82, 2.24) is 14.1 Å². The average molecular weight is 426 g/mol. The Hall–Kier alpha value is -2.74. The van der Waals surface area contributed by atoms with Gasteiger partial charge in [-0.1, -0.05) is 0 Å². The molecule has 8 heteroatoms. The van der Waals surface area contributed by atoms with E-state index in [-0.39, 0.29) is 17.9 Å². The maximum Gasteiger partial charge on any atom is 0.349 e. The molecule has 7 nitrogen and oxygen atoms in total. The standard InChI is InChI=1S/C22H23N3O4S/c1-11-9-15(13(3)25(11)14-6-7-14)16(26)10-29-22(28)19-12(2)18-20(30-19)23-17-5-4-8-24(17)21(18)27/h9,14H,4-8,10H2,1-3H3. The van der Waals surface area contributed by atoms with Crippen LogP contribution in [0.2, 0.25) is 0 Å². The number of fused-ring (bicyclic) bond motifs is 2. The molecule has 1 fully saturated rings. The number of nitrogens with zero attached hydrogens (tertiary/aromatic N) is 3. The van der Waals surface area contributed by atoms with Crippen molar-refractivity contribution in [3.05, 3.63) is 49.6 Å². The molecule has 2 aliphatic rings. The van der Waals surface area contributed by atoms with E-state index in [1.165, 1.54) is 11.3 Å². The number of rotatable bonds is 5. The molecule has 156 valence electrons. The van der Waals surface area contributed by atoms with Gasteiger partial charge in [0, 0.05) is 36.0 Å². The lowest BCUT2D eigenvalue weighted by Crippen LogP contribution is -2.20. The third-order valence-corrected chi connectivity index (χ3v) is 7.29. The van der Waals surface area contributed by atoms with Crippen LogP contribution in [-0.2, 0) is 17.7 Å². The fraction of sp³-hybridized carbons (Fsp3) is 0.455. The number of esters is 1. The lowest BCUT2D eigenvalue weighted by atomic mass is 10.1. The zero-order valence-electron chi connectivity index (χ0n) is 17.3. The number of ketones is 1. The summed E-state index contributed by atoms with van der Waals surface area (Å²) in [6, 6.07) is 2.37. The number of aromatic nitrogens is 3. The highest BCUT2D eigenvalue weighted by molar-refractivity contribution is 7.20. The second kappa shape index (κ2) is 6.91. The van der Waals surface area contributed by atoms with Gasteiger partial charge >= 0.3 is 5.97 Å². The van der Waals surface area contributed by atoms with E-state index in [2.05, 4.69) is 9.55 Å². The van der Waals surface area contributed by atoms with Crippen LogP contribution < -0.4 is 5.56 Å². The minimum Gasteiger partial charge on any atom is -0.453 e. The van der Waals surface area contributed by atoms with Gasteiger partial charge in [0.1, 0.15) is 15.5 Å². The maximum atomic E-state index is 12.8. The Balaban J connectivity index is 1.37. The summed E-state index contributed by atoms with van der Waals surface area (Å²) >= 11 is 1.17. The van der Waals surface area contributed by atoms with E-state index in [1.807, 2.05) is 19.9 Å². The summed E-state index contributed by atoms with van der Waals surface area (Å²) in [6.45, 7) is 6.03. The molecule has 0 atom stereocenters. The lowest BCUT2D eigenvalue weighted by Gasteiger charge is -2.07. The van der Waals surface area contributed by atoms with E-state index in [0.29, 0.717) is 38.8 Å². The molecule has 0 amide bonds. The van der Waals surface area contributed by atoms with Crippen LogP contribution in [0.25, 0.3) is 10.2 Å². The van der Waals surface area contributed by atoms with E-state index < -0.39 is 5.97 Å². The predicted molar refractivity (Wildman–Crippen MR) is 114 cm³/mol. The minimum absolute atomic E-state index is 0.0936. The molecule has 0 aromatic carbocycles. The van der Waals surface area contributed by atoms with Crippen LogP contribution in [0.3, 0.4) is 0 Å². The van der Waals surface area contributed by atoms with Crippen molar-refractivity contribution in [1.29, 1.82) is 0 Å². The predicted octanol–water partition coefficient (Wildman–Crippen LogP) is 3.51. The second-order valence-electron chi connectivity index (χ2n) is 8.21. The van der Waals surface area contributed by atoms with Crippen LogP contribution in [0.1, 0.15) is 68.1 Å². The Labute approximate surface area is 177 Å². The van der Waals surface area contributed by atoms with Crippen molar-refractivity contribution in [3.63, 3.8) is 0 Å².